The van der Waals surface area contributed by atoms with Crippen molar-refractivity contribution >= 4 is 17.7 Å². The van der Waals surface area contributed by atoms with Crippen LogP contribution in [0, 0.1) is 28.5 Å². The van der Waals surface area contributed by atoms with Gasteiger partial charge in [-0.25, -0.2) is 4.39 Å². The van der Waals surface area contributed by atoms with Gasteiger partial charge in [0.2, 0.25) is 5.91 Å². The van der Waals surface area contributed by atoms with Crippen molar-refractivity contribution in [2.24, 2.45) is 0 Å². The summed E-state index contributed by atoms with van der Waals surface area (Å²) in [7, 11) is 0. The predicted molar refractivity (Wildman–Crippen MR) is 97.5 cm³/mol. The highest BCUT2D eigenvalue weighted by atomic mass is 32.2. The van der Waals surface area contributed by atoms with Gasteiger partial charge in [0.1, 0.15) is 0 Å². The second kappa shape index (κ2) is 10.9. The highest BCUT2D eigenvalue weighted by molar-refractivity contribution is 7.99. The van der Waals surface area contributed by atoms with Crippen LogP contribution in [0.2, 0.25) is 0 Å². The summed E-state index contributed by atoms with van der Waals surface area (Å²) in [4.78, 5) is 13.7. The second-order valence-corrected chi connectivity index (χ2v) is 6.51. The van der Waals surface area contributed by atoms with Gasteiger partial charge in [-0.05, 0) is 19.1 Å². The third kappa shape index (κ3) is 6.25. The number of hydrogen-bond acceptors (Lipinski definition) is 8. The smallest absolute Gasteiger partial charge is 0.277 e. The summed E-state index contributed by atoms with van der Waals surface area (Å²) in [5.41, 5.74) is 0. The zero-order valence-electron chi connectivity index (χ0n) is 15.2. The topological polar surface area (TPSA) is 116 Å². The molecule has 1 atom stereocenters. The standard InChI is InChI=1S/C18H18FN5O3S/c1-13(26-15-7-3-2-6-14(15)19)17-22-23-18(27-17)28-12-16(25)24(10-4-8-20)11-5-9-21/h2-3,6-7,13H,4-5,10-12H2,1H3. The van der Waals surface area contributed by atoms with E-state index in [1.165, 1.54) is 17.0 Å². The number of halogens is 1. The average Bonchev–Trinajstić information content (AvgIpc) is 3.17. The molecule has 146 valence electrons. The van der Waals surface area contributed by atoms with Crippen LogP contribution >= 0.6 is 11.8 Å². The van der Waals surface area contributed by atoms with Gasteiger partial charge in [-0.3, -0.25) is 4.79 Å². The number of ether oxygens (including phenoxy) is 1. The van der Waals surface area contributed by atoms with Crippen molar-refractivity contribution in [1.29, 1.82) is 10.5 Å². The minimum Gasteiger partial charge on any atom is -0.478 e. The van der Waals surface area contributed by atoms with E-state index in [4.69, 9.17) is 19.7 Å². The highest BCUT2D eigenvalue weighted by Crippen LogP contribution is 2.25. The Labute approximate surface area is 165 Å². The van der Waals surface area contributed by atoms with Gasteiger partial charge in [-0.2, -0.15) is 10.5 Å². The first-order valence-electron chi connectivity index (χ1n) is 8.44. The molecular weight excluding hydrogens is 385 g/mol. The zero-order chi connectivity index (χ0) is 20.4. The summed E-state index contributed by atoms with van der Waals surface area (Å²) < 4.78 is 24.6. The SMILES string of the molecule is CC(Oc1ccccc1F)c1nnc(SCC(=O)N(CCC#N)CCC#N)o1. The molecule has 10 heteroatoms. The van der Waals surface area contributed by atoms with Crippen LogP contribution in [0.4, 0.5) is 4.39 Å². The molecule has 0 radical (unpaired) electrons. The van der Waals surface area contributed by atoms with Crippen LogP contribution in [0.1, 0.15) is 31.8 Å². The van der Waals surface area contributed by atoms with Crippen LogP contribution in [0.25, 0.3) is 0 Å². The fourth-order valence-electron chi connectivity index (χ4n) is 2.17. The lowest BCUT2D eigenvalue weighted by Crippen LogP contribution is -2.34. The van der Waals surface area contributed by atoms with E-state index in [-0.39, 0.29) is 54.5 Å². The van der Waals surface area contributed by atoms with Crippen LogP contribution in [0.3, 0.4) is 0 Å². The number of amides is 1. The number of thioether (sulfide) groups is 1. The molecule has 1 aromatic carbocycles. The van der Waals surface area contributed by atoms with Crippen molar-refractivity contribution in [2.45, 2.75) is 31.1 Å². The van der Waals surface area contributed by atoms with Gasteiger partial charge in [0.15, 0.2) is 17.7 Å². The number of aromatic nitrogens is 2. The Kier molecular flexibility index (Phi) is 8.25. The fraction of sp³-hybridized carbons (Fsp3) is 0.389. The molecule has 2 aromatic rings. The van der Waals surface area contributed by atoms with Gasteiger partial charge in [-0.1, -0.05) is 23.9 Å². The number of carbonyl (C=O) groups is 1. The molecule has 0 spiro atoms. The Morgan fingerprint density at radius 3 is 2.61 bits per heavy atom. The third-order valence-electron chi connectivity index (χ3n) is 3.57. The van der Waals surface area contributed by atoms with Crippen molar-refractivity contribution in [3.8, 4) is 17.9 Å². The molecule has 8 nitrogen and oxygen atoms in total. The zero-order valence-corrected chi connectivity index (χ0v) is 16.0. The van der Waals surface area contributed by atoms with Gasteiger partial charge in [0, 0.05) is 13.1 Å². The molecule has 1 unspecified atom stereocenters. The van der Waals surface area contributed by atoms with E-state index in [1.54, 1.807) is 19.1 Å². The molecule has 1 aromatic heterocycles. The molecule has 0 aliphatic heterocycles. The van der Waals surface area contributed by atoms with Crippen LogP contribution in [-0.4, -0.2) is 39.8 Å². The maximum absolute atomic E-state index is 13.7. The Bertz CT molecular complexity index is 859. The molecule has 0 N–H and O–H groups in total. The second-order valence-electron chi connectivity index (χ2n) is 5.58. The number of para-hydroxylation sites is 1. The number of benzene rings is 1. The third-order valence-corrected chi connectivity index (χ3v) is 4.37. The van der Waals surface area contributed by atoms with Gasteiger partial charge >= 0.3 is 0 Å². The van der Waals surface area contributed by atoms with Crippen molar-refractivity contribution in [3.05, 3.63) is 36.0 Å². The number of hydrogen-bond donors (Lipinski definition) is 0. The lowest BCUT2D eigenvalue weighted by molar-refractivity contribution is -0.128. The first kappa shape index (κ1) is 21.2. The Hall–Kier alpha value is -3.11. The lowest BCUT2D eigenvalue weighted by atomic mass is 10.3. The van der Waals surface area contributed by atoms with Crippen LogP contribution in [-0.2, 0) is 4.79 Å². The lowest BCUT2D eigenvalue weighted by Gasteiger charge is -2.19. The minimum atomic E-state index is -0.669. The van der Waals surface area contributed by atoms with Crippen LogP contribution < -0.4 is 4.74 Å². The number of nitriles is 2. The number of carbonyl (C=O) groups excluding carboxylic acids is 1. The van der Waals surface area contributed by atoms with E-state index in [2.05, 4.69) is 10.2 Å². The van der Waals surface area contributed by atoms with Gasteiger partial charge in [0.25, 0.3) is 11.1 Å². The summed E-state index contributed by atoms with van der Waals surface area (Å²) in [6, 6.07) is 9.94. The predicted octanol–water partition coefficient (Wildman–Crippen LogP) is 3.10. The molecular formula is C18H18FN5O3S. The van der Waals surface area contributed by atoms with E-state index in [0.717, 1.165) is 11.8 Å². The van der Waals surface area contributed by atoms with Crippen molar-refractivity contribution in [3.63, 3.8) is 0 Å². The van der Waals surface area contributed by atoms with Gasteiger partial charge in [0.05, 0.1) is 30.7 Å². The van der Waals surface area contributed by atoms with Crippen LogP contribution in [0.15, 0.2) is 33.9 Å². The molecule has 0 aliphatic rings. The Morgan fingerprint density at radius 1 is 1.29 bits per heavy atom. The fourth-order valence-corrected chi connectivity index (χ4v) is 2.84. The summed E-state index contributed by atoms with van der Waals surface area (Å²) >= 11 is 1.04. The summed E-state index contributed by atoms with van der Waals surface area (Å²) in [5.74, 6) is -0.469. The van der Waals surface area contributed by atoms with E-state index in [0.29, 0.717) is 0 Å². The monoisotopic (exact) mass is 403 g/mol. The van der Waals surface area contributed by atoms with Crippen LogP contribution in [0.5, 0.6) is 5.75 Å². The van der Waals surface area contributed by atoms with Crippen molar-refractivity contribution in [1.82, 2.24) is 15.1 Å². The van der Waals surface area contributed by atoms with E-state index in [9.17, 15) is 9.18 Å². The molecule has 0 saturated heterocycles. The number of rotatable bonds is 10. The maximum atomic E-state index is 13.7. The molecule has 28 heavy (non-hydrogen) atoms. The van der Waals surface area contributed by atoms with Crippen molar-refractivity contribution < 1.29 is 18.3 Å². The quantitative estimate of drug-likeness (QED) is 0.556. The van der Waals surface area contributed by atoms with E-state index < -0.39 is 11.9 Å². The normalized spacial score (nSPS) is 11.3. The molecule has 1 amide bonds. The molecule has 0 fully saturated rings. The summed E-state index contributed by atoms with van der Waals surface area (Å²) in [6.45, 7) is 2.17. The molecule has 0 saturated carbocycles. The van der Waals surface area contributed by atoms with Gasteiger partial charge in [-0.15, -0.1) is 10.2 Å². The van der Waals surface area contributed by atoms with E-state index in [1.807, 2.05) is 12.1 Å². The largest absolute Gasteiger partial charge is 0.478 e. The van der Waals surface area contributed by atoms with Crippen molar-refractivity contribution in [2.75, 3.05) is 18.8 Å². The molecule has 0 bridgehead atoms. The highest BCUT2D eigenvalue weighted by Gasteiger charge is 2.19. The average molecular weight is 403 g/mol. The molecule has 0 aliphatic carbocycles. The van der Waals surface area contributed by atoms with E-state index >= 15 is 0 Å². The number of nitrogens with zero attached hydrogens (tertiary/aromatic N) is 5. The van der Waals surface area contributed by atoms with Gasteiger partial charge < -0.3 is 14.1 Å². The first-order chi connectivity index (χ1) is 13.5. The minimum absolute atomic E-state index is 0.0288. The molecule has 1 heterocycles. The first-order valence-corrected chi connectivity index (χ1v) is 9.42. The molecule has 2 rings (SSSR count). The Balaban J connectivity index is 1.91. The maximum Gasteiger partial charge on any atom is 0.277 e. The summed E-state index contributed by atoms with van der Waals surface area (Å²) in [6.07, 6.45) is -0.285. The Morgan fingerprint density at radius 2 is 1.96 bits per heavy atom. The summed E-state index contributed by atoms with van der Waals surface area (Å²) in [5, 5.41) is 25.3.